The van der Waals surface area contributed by atoms with Crippen molar-refractivity contribution in [2.75, 3.05) is 13.1 Å². The summed E-state index contributed by atoms with van der Waals surface area (Å²) in [5, 5.41) is 3.44. The summed E-state index contributed by atoms with van der Waals surface area (Å²) < 4.78 is 3.50. The fourth-order valence-electron chi connectivity index (χ4n) is 2.79. The fourth-order valence-corrected chi connectivity index (χ4v) is 4.27. The zero-order valence-electron chi connectivity index (χ0n) is 11.0. The molecule has 5 heteroatoms. The predicted octanol–water partition coefficient (Wildman–Crippen LogP) is 3.40. The van der Waals surface area contributed by atoms with Gasteiger partial charge in [0.2, 0.25) is 0 Å². The highest BCUT2D eigenvalue weighted by molar-refractivity contribution is 9.11. The first-order valence-electron chi connectivity index (χ1n) is 6.63. The van der Waals surface area contributed by atoms with Gasteiger partial charge in [0.1, 0.15) is 0 Å². The van der Waals surface area contributed by atoms with Crippen LogP contribution in [-0.4, -0.2) is 22.6 Å². The van der Waals surface area contributed by atoms with Crippen LogP contribution >= 0.6 is 27.3 Å². The largest absolute Gasteiger partial charge is 0.329 e. The minimum Gasteiger partial charge on any atom is -0.329 e. The van der Waals surface area contributed by atoms with Gasteiger partial charge in [-0.1, -0.05) is 6.92 Å². The van der Waals surface area contributed by atoms with Crippen molar-refractivity contribution in [3.05, 3.63) is 39.0 Å². The molecule has 0 aromatic carbocycles. The summed E-state index contributed by atoms with van der Waals surface area (Å²) in [5.74, 6) is 0. The Labute approximate surface area is 126 Å². The molecule has 2 aromatic rings. The molecule has 102 valence electrons. The number of rotatable bonds is 3. The highest BCUT2D eigenvalue weighted by Gasteiger charge is 2.31. The lowest BCUT2D eigenvalue weighted by Crippen LogP contribution is -2.39. The molecule has 0 unspecified atom stereocenters. The summed E-state index contributed by atoms with van der Waals surface area (Å²) in [5.41, 5.74) is 1.63. The molecule has 3 nitrogen and oxygen atoms in total. The predicted molar refractivity (Wildman–Crippen MR) is 82.8 cm³/mol. The van der Waals surface area contributed by atoms with Crippen molar-refractivity contribution in [3.63, 3.8) is 0 Å². The van der Waals surface area contributed by atoms with Crippen molar-refractivity contribution < 1.29 is 0 Å². The molecule has 0 bridgehead atoms. The van der Waals surface area contributed by atoms with Gasteiger partial charge in [-0.05, 0) is 54.0 Å². The Morgan fingerprint density at radius 3 is 2.89 bits per heavy atom. The first-order chi connectivity index (χ1) is 9.17. The number of nitrogens with zero attached hydrogens (tertiary/aromatic N) is 2. The average molecular weight is 340 g/mol. The van der Waals surface area contributed by atoms with Crippen LogP contribution in [0, 0.1) is 0 Å². The molecule has 1 N–H and O–H groups in total. The first-order valence-corrected chi connectivity index (χ1v) is 8.24. The van der Waals surface area contributed by atoms with Crippen molar-refractivity contribution in [3.8, 4) is 0 Å². The van der Waals surface area contributed by atoms with E-state index in [0.29, 0.717) is 0 Å². The highest BCUT2D eigenvalue weighted by Crippen LogP contribution is 2.33. The van der Waals surface area contributed by atoms with Gasteiger partial charge in [-0.25, -0.2) is 4.98 Å². The molecule has 1 aliphatic rings. The van der Waals surface area contributed by atoms with Crippen LogP contribution in [0.25, 0.3) is 0 Å². The minimum atomic E-state index is 0.260. The van der Waals surface area contributed by atoms with Gasteiger partial charge < -0.3 is 9.88 Å². The normalized spacial score (nSPS) is 18.6. The molecule has 1 saturated heterocycles. The molecule has 0 atom stereocenters. The average Bonchev–Trinajstić information content (AvgIpc) is 3.00. The van der Waals surface area contributed by atoms with Gasteiger partial charge in [0.15, 0.2) is 0 Å². The summed E-state index contributed by atoms with van der Waals surface area (Å²) in [4.78, 5) is 5.75. The molecule has 0 spiro atoms. The molecule has 2 aromatic heterocycles. The van der Waals surface area contributed by atoms with Gasteiger partial charge in [-0.3, -0.25) is 0 Å². The van der Waals surface area contributed by atoms with Gasteiger partial charge in [0.05, 0.1) is 16.7 Å². The Bertz CT molecular complexity index is 555. The third-order valence-corrected chi connectivity index (χ3v) is 5.60. The maximum absolute atomic E-state index is 4.38. The van der Waals surface area contributed by atoms with Crippen molar-refractivity contribution in [2.24, 2.45) is 0 Å². The third-order valence-electron chi connectivity index (χ3n) is 3.99. The van der Waals surface area contributed by atoms with E-state index in [1.165, 1.54) is 27.2 Å². The SMILES string of the molecule is CC1(c2cncn2Cc2ccc(Br)s2)CCNCC1. The summed E-state index contributed by atoms with van der Waals surface area (Å²) in [6.07, 6.45) is 6.39. The molecule has 3 rings (SSSR count). The van der Waals surface area contributed by atoms with Crippen LogP contribution in [0.5, 0.6) is 0 Å². The van der Waals surface area contributed by atoms with Gasteiger partial charge in [0, 0.05) is 22.2 Å². The Morgan fingerprint density at radius 2 is 2.21 bits per heavy atom. The van der Waals surface area contributed by atoms with E-state index in [1.54, 1.807) is 11.3 Å². The fraction of sp³-hybridized carbons (Fsp3) is 0.500. The molecule has 3 heterocycles. The highest BCUT2D eigenvalue weighted by atomic mass is 79.9. The maximum atomic E-state index is 4.38. The Kier molecular flexibility index (Phi) is 3.78. The second-order valence-electron chi connectivity index (χ2n) is 5.42. The van der Waals surface area contributed by atoms with Crippen LogP contribution in [0.15, 0.2) is 28.4 Å². The molecule has 1 aliphatic heterocycles. The number of thiophene rings is 1. The summed E-state index contributed by atoms with van der Waals surface area (Å²) in [6.45, 7) is 5.50. The number of nitrogens with one attached hydrogen (secondary N) is 1. The first kappa shape index (κ1) is 13.3. The van der Waals surface area contributed by atoms with Crippen LogP contribution in [0.2, 0.25) is 0 Å². The number of hydrogen-bond acceptors (Lipinski definition) is 3. The van der Waals surface area contributed by atoms with E-state index in [4.69, 9.17) is 0 Å². The van der Waals surface area contributed by atoms with Crippen molar-refractivity contribution in [2.45, 2.75) is 31.7 Å². The summed E-state index contributed by atoms with van der Waals surface area (Å²) in [6, 6.07) is 4.30. The van der Waals surface area contributed by atoms with Crippen LogP contribution in [0.4, 0.5) is 0 Å². The number of halogens is 1. The van der Waals surface area contributed by atoms with Crippen LogP contribution in [0.3, 0.4) is 0 Å². The lowest BCUT2D eigenvalue weighted by Gasteiger charge is -2.34. The van der Waals surface area contributed by atoms with E-state index >= 15 is 0 Å². The molecule has 1 fully saturated rings. The quantitative estimate of drug-likeness (QED) is 0.928. The van der Waals surface area contributed by atoms with Crippen molar-refractivity contribution in [1.82, 2.24) is 14.9 Å². The van der Waals surface area contributed by atoms with Gasteiger partial charge in [-0.15, -0.1) is 11.3 Å². The Hall–Kier alpha value is -0.650. The van der Waals surface area contributed by atoms with Gasteiger partial charge >= 0.3 is 0 Å². The second-order valence-corrected chi connectivity index (χ2v) is 7.97. The van der Waals surface area contributed by atoms with E-state index < -0.39 is 0 Å². The molecule has 0 radical (unpaired) electrons. The van der Waals surface area contributed by atoms with E-state index in [9.17, 15) is 0 Å². The molecule has 19 heavy (non-hydrogen) atoms. The molecular formula is C14H18BrN3S. The molecule has 0 saturated carbocycles. The number of hydrogen-bond donors (Lipinski definition) is 1. The number of imidazole rings is 1. The van der Waals surface area contributed by atoms with Gasteiger partial charge in [-0.2, -0.15) is 0 Å². The smallest absolute Gasteiger partial charge is 0.0951 e. The zero-order valence-corrected chi connectivity index (χ0v) is 13.4. The number of aromatic nitrogens is 2. The van der Waals surface area contributed by atoms with Crippen molar-refractivity contribution >= 4 is 27.3 Å². The van der Waals surface area contributed by atoms with Crippen molar-refractivity contribution in [1.29, 1.82) is 0 Å². The topological polar surface area (TPSA) is 29.9 Å². The monoisotopic (exact) mass is 339 g/mol. The van der Waals surface area contributed by atoms with E-state index in [-0.39, 0.29) is 5.41 Å². The standard InChI is InChI=1S/C14H18BrN3S/c1-14(4-6-16-7-5-14)12-8-17-10-18(12)9-11-2-3-13(15)19-11/h2-3,8,10,16H,4-7,9H2,1H3. The van der Waals surface area contributed by atoms with Crippen LogP contribution < -0.4 is 5.32 Å². The van der Waals surface area contributed by atoms with Crippen LogP contribution in [0.1, 0.15) is 30.3 Å². The lowest BCUT2D eigenvalue weighted by atomic mass is 9.78. The van der Waals surface area contributed by atoms with Gasteiger partial charge in [0.25, 0.3) is 0 Å². The summed E-state index contributed by atoms with van der Waals surface area (Å²) in [7, 11) is 0. The van der Waals surface area contributed by atoms with E-state index in [1.807, 2.05) is 12.5 Å². The maximum Gasteiger partial charge on any atom is 0.0951 e. The lowest BCUT2D eigenvalue weighted by molar-refractivity contribution is 0.319. The molecule has 0 aliphatic carbocycles. The summed E-state index contributed by atoms with van der Waals surface area (Å²) >= 11 is 5.32. The van der Waals surface area contributed by atoms with Crippen LogP contribution in [-0.2, 0) is 12.0 Å². The molecule has 0 amide bonds. The Morgan fingerprint density at radius 1 is 1.42 bits per heavy atom. The second kappa shape index (κ2) is 5.38. The Balaban J connectivity index is 1.85. The molecular weight excluding hydrogens is 322 g/mol. The number of piperidine rings is 1. The van der Waals surface area contributed by atoms with E-state index in [2.05, 4.69) is 49.9 Å². The van der Waals surface area contributed by atoms with E-state index in [0.717, 1.165) is 19.6 Å². The minimum absolute atomic E-state index is 0.260. The third kappa shape index (κ3) is 2.78. The zero-order chi connectivity index (χ0) is 13.3.